The number of hydrogen-bond donors (Lipinski definition) is 2. The largest absolute Gasteiger partial charge is 0.481 e. The van der Waals surface area contributed by atoms with Crippen molar-refractivity contribution in [3.8, 4) is 0 Å². The predicted octanol–water partition coefficient (Wildman–Crippen LogP) is 3.36. The standard InChI is InChI=1S/C15H24F3NO3/c1-14(2,3)8-11(15(16,17)18)19-12(20)9-4-6-10(7-5-9)13(21)22/h9-11H,4-8H2,1-3H3,(H,19,20)(H,21,22). The Morgan fingerprint density at radius 2 is 1.55 bits per heavy atom. The van der Waals surface area contributed by atoms with Crippen molar-refractivity contribution in [1.29, 1.82) is 0 Å². The molecule has 1 aliphatic carbocycles. The fourth-order valence-corrected chi connectivity index (χ4v) is 2.75. The van der Waals surface area contributed by atoms with Crippen molar-refractivity contribution >= 4 is 11.9 Å². The first kappa shape index (κ1) is 18.8. The number of aliphatic carboxylic acids is 1. The number of halogens is 3. The van der Waals surface area contributed by atoms with Crippen LogP contribution in [0.3, 0.4) is 0 Å². The number of rotatable bonds is 4. The number of carbonyl (C=O) groups is 2. The quantitative estimate of drug-likeness (QED) is 0.833. The Labute approximate surface area is 128 Å². The average Bonchev–Trinajstić information content (AvgIpc) is 2.35. The predicted molar refractivity (Wildman–Crippen MR) is 75.1 cm³/mol. The van der Waals surface area contributed by atoms with E-state index in [1.165, 1.54) is 0 Å². The molecular formula is C15H24F3NO3. The normalized spacial score (nSPS) is 24.6. The van der Waals surface area contributed by atoms with Gasteiger partial charge in [-0.15, -0.1) is 0 Å². The lowest BCUT2D eigenvalue weighted by Crippen LogP contribution is -2.49. The molecule has 0 bridgehead atoms. The van der Waals surface area contributed by atoms with Crippen LogP contribution in [0.4, 0.5) is 13.2 Å². The second kappa shape index (κ2) is 6.87. The van der Waals surface area contributed by atoms with Gasteiger partial charge in [0.15, 0.2) is 0 Å². The molecule has 1 aliphatic rings. The SMILES string of the molecule is CC(C)(C)CC(NC(=O)C1CCC(C(=O)O)CC1)C(F)(F)F. The molecule has 1 amide bonds. The van der Waals surface area contributed by atoms with E-state index in [1.54, 1.807) is 20.8 Å². The molecule has 0 aliphatic heterocycles. The molecule has 1 saturated carbocycles. The lowest BCUT2D eigenvalue weighted by molar-refractivity contribution is -0.168. The molecule has 0 saturated heterocycles. The number of nitrogens with one attached hydrogen (secondary N) is 1. The van der Waals surface area contributed by atoms with E-state index in [1.807, 2.05) is 0 Å². The smallest absolute Gasteiger partial charge is 0.408 e. The number of alkyl halides is 3. The van der Waals surface area contributed by atoms with Crippen LogP contribution in [-0.2, 0) is 9.59 Å². The van der Waals surface area contributed by atoms with Crippen LogP contribution >= 0.6 is 0 Å². The maximum atomic E-state index is 13.1. The highest BCUT2D eigenvalue weighted by Gasteiger charge is 2.43. The third kappa shape index (κ3) is 5.85. The van der Waals surface area contributed by atoms with Crippen molar-refractivity contribution in [3.05, 3.63) is 0 Å². The van der Waals surface area contributed by atoms with Crippen LogP contribution in [0, 0.1) is 17.3 Å². The summed E-state index contributed by atoms with van der Waals surface area (Å²) in [5.74, 6) is -2.53. The molecule has 1 fully saturated rings. The minimum atomic E-state index is -4.48. The van der Waals surface area contributed by atoms with Gasteiger partial charge in [0.05, 0.1) is 5.92 Å². The third-order valence-electron chi connectivity index (χ3n) is 3.98. The van der Waals surface area contributed by atoms with Gasteiger partial charge in [0.2, 0.25) is 5.91 Å². The van der Waals surface area contributed by atoms with Crippen molar-refractivity contribution < 1.29 is 27.9 Å². The van der Waals surface area contributed by atoms with E-state index >= 15 is 0 Å². The number of carboxylic acids is 1. The van der Waals surface area contributed by atoms with Gasteiger partial charge < -0.3 is 10.4 Å². The van der Waals surface area contributed by atoms with Crippen molar-refractivity contribution in [2.75, 3.05) is 0 Å². The molecule has 0 aromatic heterocycles. The molecular weight excluding hydrogens is 299 g/mol. The molecule has 0 aromatic carbocycles. The van der Waals surface area contributed by atoms with E-state index < -0.39 is 41.3 Å². The van der Waals surface area contributed by atoms with Crippen LogP contribution in [0.15, 0.2) is 0 Å². The molecule has 1 atom stereocenters. The Hall–Kier alpha value is -1.27. The fourth-order valence-electron chi connectivity index (χ4n) is 2.75. The van der Waals surface area contributed by atoms with E-state index in [9.17, 15) is 22.8 Å². The minimum Gasteiger partial charge on any atom is -0.481 e. The number of hydrogen-bond acceptors (Lipinski definition) is 2. The van der Waals surface area contributed by atoms with Crippen LogP contribution in [0.1, 0.15) is 52.9 Å². The lowest BCUT2D eigenvalue weighted by Gasteiger charge is -2.31. The van der Waals surface area contributed by atoms with Gasteiger partial charge in [0.1, 0.15) is 6.04 Å². The minimum absolute atomic E-state index is 0.188. The fraction of sp³-hybridized carbons (Fsp3) is 0.867. The average molecular weight is 323 g/mol. The second-order valence-corrected chi connectivity index (χ2v) is 7.25. The summed E-state index contributed by atoms with van der Waals surface area (Å²) in [6.07, 6.45) is -3.35. The Balaban J connectivity index is 2.63. The van der Waals surface area contributed by atoms with E-state index in [0.717, 1.165) is 0 Å². The van der Waals surface area contributed by atoms with Gasteiger partial charge in [-0.3, -0.25) is 9.59 Å². The molecule has 0 spiro atoms. The molecule has 7 heteroatoms. The van der Waals surface area contributed by atoms with Crippen molar-refractivity contribution in [2.24, 2.45) is 17.3 Å². The summed E-state index contributed by atoms with van der Waals surface area (Å²) in [5, 5.41) is 11.0. The summed E-state index contributed by atoms with van der Waals surface area (Å²) in [4.78, 5) is 22.9. The summed E-state index contributed by atoms with van der Waals surface area (Å²) in [6.45, 7) is 5.07. The molecule has 128 valence electrons. The Kier molecular flexibility index (Phi) is 5.87. The van der Waals surface area contributed by atoms with E-state index in [-0.39, 0.29) is 6.42 Å². The number of amides is 1. The molecule has 0 radical (unpaired) electrons. The van der Waals surface area contributed by atoms with Gasteiger partial charge in [-0.2, -0.15) is 13.2 Å². The highest BCUT2D eigenvalue weighted by atomic mass is 19.4. The highest BCUT2D eigenvalue weighted by molar-refractivity contribution is 5.79. The molecule has 1 rings (SSSR count). The number of carboxylic acid groups (broad SMARTS) is 1. The van der Waals surface area contributed by atoms with Crippen LogP contribution in [-0.4, -0.2) is 29.2 Å². The Morgan fingerprint density at radius 1 is 1.09 bits per heavy atom. The summed E-state index contributed by atoms with van der Waals surface area (Å²) in [5.41, 5.74) is -0.561. The first-order valence-corrected chi connectivity index (χ1v) is 7.50. The Bertz CT molecular complexity index is 407. The first-order valence-electron chi connectivity index (χ1n) is 7.50. The zero-order valence-corrected chi connectivity index (χ0v) is 13.2. The summed E-state index contributed by atoms with van der Waals surface area (Å²) in [7, 11) is 0. The maximum Gasteiger partial charge on any atom is 0.408 e. The second-order valence-electron chi connectivity index (χ2n) is 7.25. The summed E-state index contributed by atoms with van der Waals surface area (Å²) >= 11 is 0. The molecule has 1 unspecified atom stereocenters. The molecule has 4 nitrogen and oxygen atoms in total. The van der Waals surface area contributed by atoms with Gasteiger partial charge in [-0.1, -0.05) is 20.8 Å². The van der Waals surface area contributed by atoms with Crippen molar-refractivity contribution in [2.45, 2.75) is 65.1 Å². The van der Waals surface area contributed by atoms with E-state index in [0.29, 0.717) is 25.7 Å². The molecule has 22 heavy (non-hydrogen) atoms. The third-order valence-corrected chi connectivity index (χ3v) is 3.98. The first-order chi connectivity index (χ1) is 9.90. The van der Waals surface area contributed by atoms with Crippen molar-refractivity contribution in [1.82, 2.24) is 5.32 Å². The number of carbonyl (C=O) groups excluding carboxylic acids is 1. The van der Waals surface area contributed by atoms with Gasteiger partial charge in [-0.05, 0) is 37.5 Å². The van der Waals surface area contributed by atoms with Gasteiger partial charge in [0.25, 0.3) is 0 Å². The highest BCUT2D eigenvalue weighted by Crippen LogP contribution is 2.33. The summed E-state index contributed by atoms with van der Waals surface area (Å²) < 4.78 is 39.2. The molecule has 2 N–H and O–H groups in total. The van der Waals surface area contributed by atoms with Crippen molar-refractivity contribution in [3.63, 3.8) is 0 Å². The van der Waals surface area contributed by atoms with Gasteiger partial charge in [0, 0.05) is 5.92 Å². The van der Waals surface area contributed by atoms with E-state index in [4.69, 9.17) is 5.11 Å². The van der Waals surface area contributed by atoms with Crippen LogP contribution in [0.25, 0.3) is 0 Å². The monoisotopic (exact) mass is 323 g/mol. The molecule has 0 aromatic rings. The van der Waals surface area contributed by atoms with Gasteiger partial charge in [-0.25, -0.2) is 0 Å². The van der Waals surface area contributed by atoms with E-state index in [2.05, 4.69) is 5.32 Å². The maximum absolute atomic E-state index is 13.1. The topological polar surface area (TPSA) is 66.4 Å². The van der Waals surface area contributed by atoms with Crippen LogP contribution < -0.4 is 5.32 Å². The Morgan fingerprint density at radius 3 is 1.91 bits per heavy atom. The zero-order chi connectivity index (χ0) is 17.1. The van der Waals surface area contributed by atoms with Crippen LogP contribution in [0.2, 0.25) is 0 Å². The summed E-state index contributed by atoms with van der Waals surface area (Å²) in [6, 6.07) is -1.86. The lowest BCUT2D eigenvalue weighted by atomic mass is 9.81. The zero-order valence-electron chi connectivity index (χ0n) is 13.2. The van der Waals surface area contributed by atoms with Crippen LogP contribution in [0.5, 0.6) is 0 Å². The van der Waals surface area contributed by atoms with Gasteiger partial charge >= 0.3 is 12.1 Å². The molecule has 0 heterocycles.